The number of phenolic OH excluding ortho intramolecular Hbond substituents is 1. The van der Waals surface area contributed by atoms with E-state index in [0.29, 0.717) is 5.56 Å². The molecule has 0 bridgehead atoms. The molecule has 0 aromatic heterocycles. The molecule has 13 nitrogen and oxygen atoms in total. The molecule has 1 aromatic carbocycles. The van der Waals surface area contributed by atoms with Gasteiger partial charge in [-0.3, -0.25) is 19.2 Å². The minimum absolute atomic E-state index is 0.0396. The second-order valence-corrected chi connectivity index (χ2v) is 7.73. The van der Waals surface area contributed by atoms with Crippen LogP contribution < -0.4 is 27.4 Å². The quantitative estimate of drug-likeness (QED) is 0.118. The molecule has 34 heavy (non-hydrogen) atoms. The van der Waals surface area contributed by atoms with E-state index in [-0.39, 0.29) is 30.8 Å². The number of carbonyl (C=O) groups excluding carboxylic acids is 4. The monoisotopic (exact) mass is 499 g/mol. The first kappa shape index (κ1) is 28.7. The SMILES string of the molecule is NC(=O)CCC(NC(=O)C(CO)NC(=O)C(N)Cc1ccc(O)cc1)C(=O)NC(CS)C(=O)O. The molecule has 0 saturated heterocycles. The minimum Gasteiger partial charge on any atom is -0.508 e. The number of carboxylic acid groups (broad SMARTS) is 1. The number of aliphatic carboxylic acids is 1. The van der Waals surface area contributed by atoms with Gasteiger partial charge in [0, 0.05) is 12.2 Å². The molecule has 0 heterocycles. The fourth-order valence-corrected chi connectivity index (χ4v) is 2.98. The number of phenols is 1. The van der Waals surface area contributed by atoms with E-state index < -0.39 is 60.4 Å². The zero-order valence-electron chi connectivity index (χ0n) is 18.1. The van der Waals surface area contributed by atoms with Crippen LogP contribution in [0.3, 0.4) is 0 Å². The van der Waals surface area contributed by atoms with E-state index in [1.165, 1.54) is 12.1 Å². The van der Waals surface area contributed by atoms with Crippen LogP contribution in [0.2, 0.25) is 0 Å². The zero-order chi connectivity index (χ0) is 25.8. The number of hydrogen-bond donors (Lipinski definition) is 9. The Kier molecular flexibility index (Phi) is 11.8. The number of aliphatic hydroxyl groups excluding tert-OH is 1. The molecule has 0 aliphatic carbocycles. The molecule has 0 aliphatic rings. The van der Waals surface area contributed by atoms with Gasteiger partial charge < -0.3 is 42.7 Å². The van der Waals surface area contributed by atoms with Crippen LogP contribution in [0.4, 0.5) is 0 Å². The summed E-state index contributed by atoms with van der Waals surface area (Å²) in [6, 6.07) is 0.669. The molecule has 0 aliphatic heterocycles. The van der Waals surface area contributed by atoms with E-state index in [1.54, 1.807) is 12.1 Å². The number of hydrogen-bond acceptors (Lipinski definition) is 9. The number of thiol groups is 1. The van der Waals surface area contributed by atoms with Gasteiger partial charge in [0.05, 0.1) is 12.6 Å². The summed E-state index contributed by atoms with van der Waals surface area (Å²) in [5.74, 6) is -4.95. The fraction of sp³-hybridized carbons (Fsp3) is 0.450. The average molecular weight is 500 g/mol. The molecule has 0 radical (unpaired) electrons. The number of primary amides is 1. The molecular formula is C20H29N5O8S. The predicted octanol–water partition coefficient (Wildman–Crippen LogP) is -3.01. The molecule has 14 heteroatoms. The highest BCUT2D eigenvalue weighted by molar-refractivity contribution is 7.80. The number of nitrogens with two attached hydrogens (primary N) is 2. The summed E-state index contributed by atoms with van der Waals surface area (Å²) in [6.07, 6.45) is -0.473. The van der Waals surface area contributed by atoms with Crippen molar-refractivity contribution < 1.29 is 39.3 Å². The van der Waals surface area contributed by atoms with Gasteiger partial charge in [-0.15, -0.1) is 0 Å². The maximum Gasteiger partial charge on any atom is 0.327 e. The summed E-state index contributed by atoms with van der Waals surface area (Å²) in [6.45, 7) is -0.831. The lowest BCUT2D eigenvalue weighted by Crippen LogP contribution is -2.58. The van der Waals surface area contributed by atoms with E-state index >= 15 is 0 Å². The molecule has 4 unspecified atom stereocenters. The average Bonchev–Trinajstić information content (AvgIpc) is 2.78. The highest BCUT2D eigenvalue weighted by atomic mass is 32.1. The number of benzene rings is 1. The maximum atomic E-state index is 12.6. The Hall–Kier alpha value is -3.36. The number of carboxylic acids is 1. The minimum atomic E-state index is -1.48. The van der Waals surface area contributed by atoms with Gasteiger partial charge in [0.15, 0.2) is 0 Å². The third kappa shape index (κ3) is 9.64. The summed E-state index contributed by atoms with van der Waals surface area (Å²) in [4.78, 5) is 59.7. The second kappa shape index (κ2) is 14.0. The van der Waals surface area contributed by atoms with Crippen LogP contribution in [0.5, 0.6) is 5.75 Å². The summed E-state index contributed by atoms with van der Waals surface area (Å²) in [5, 5.41) is 34.7. The summed E-state index contributed by atoms with van der Waals surface area (Å²) in [5.41, 5.74) is 11.6. The lowest BCUT2D eigenvalue weighted by Gasteiger charge is -2.24. The van der Waals surface area contributed by atoms with Crippen LogP contribution in [-0.2, 0) is 30.4 Å². The number of rotatable bonds is 14. The number of carbonyl (C=O) groups is 5. The number of amides is 4. The second-order valence-electron chi connectivity index (χ2n) is 7.37. The normalized spacial score (nSPS) is 14.2. The van der Waals surface area contributed by atoms with Crippen molar-refractivity contribution in [2.24, 2.45) is 11.5 Å². The molecule has 1 rings (SSSR count). The zero-order valence-corrected chi connectivity index (χ0v) is 19.0. The standard InChI is InChI=1S/C20H29N5O8S/c21-12(7-10-1-3-11(27)4-2-10)17(29)24-14(8-26)19(31)23-13(5-6-16(22)28)18(30)25-15(9-34)20(32)33/h1-4,12-15,26-27,34H,5-9,21H2,(H2,22,28)(H,23,31)(H,24,29)(H,25,30)(H,32,33). The van der Waals surface area contributed by atoms with Crippen LogP contribution in [0, 0.1) is 0 Å². The lowest BCUT2D eigenvalue weighted by atomic mass is 10.1. The van der Waals surface area contributed by atoms with Crippen molar-refractivity contribution in [3.63, 3.8) is 0 Å². The number of aliphatic hydroxyl groups is 1. The first-order valence-electron chi connectivity index (χ1n) is 10.2. The van der Waals surface area contributed by atoms with Crippen molar-refractivity contribution >= 4 is 42.2 Å². The van der Waals surface area contributed by atoms with Crippen molar-refractivity contribution in [1.82, 2.24) is 16.0 Å². The topological polar surface area (TPSA) is 234 Å². The predicted molar refractivity (Wildman–Crippen MR) is 123 cm³/mol. The van der Waals surface area contributed by atoms with Crippen LogP contribution in [0.1, 0.15) is 18.4 Å². The van der Waals surface area contributed by atoms with E-state index in [0.717, 1.165) is 0 Å². The Morgan fingerprint density at radius 2 is 1.44 bits per heavy atom. The first-order valence-corrected chi connectivity index (χ1v) is 10.8. The van der Waals surface area contributed by atoms with Gasteiger partial charge in [-0.2, -0.15) is 12.6 Å². The van der Waals surface area contributed by atoms with E-state index in [2.05, 4.69) is 28.6 Å². The van der Waals surface area contributed by atoms with Crippen LogP contribution in [0.15, 0.2) is 24.3 Å². The Bertz CT molecular complexity index is 882. The van der Waals surface area contributed by atoms with Gasteiger partial charge >= 0.3 is 5.97 Å². The summed E-state index contributed by atoms with van der Waals surface area (Å²) < 4.78 is 0. The van der Waals surface area contributed by atoms with E-state index in [4.69, 9.17) is 16.6 Å². The molecule has 188 valence electrons. The molecule has 4 amide bonds. The first-order chi connectivity index (χ1) is 16.0. The third-order valence-corrected chi connectivity index (χ3v) is 5.02. The van der Waals surface area contributed by atoms with Crippen molar-refractivity contribution in [3.8, 4) is 5.75 Å². The number of aromatic hydroxyl groups is 1. The van der Waals surface area contributed by atoms with E-state index in [1.807, 2.05) is 0 Å². The highest BCUT2D eigenvalue weighted by Gasteiger charge is 2.30. The summed E-state index contributed by atoms with van der Waals surface area (Å²) in [7, 11) is 0. The largest absolute Gasteiger partial charge is 0.508 e. The van der Waals surface area contributed by atoms with Gasteiger partial charge in [0.1, 0.15) is 23.9 Å². The van der Waals surface area contributed by atoms with Crippen molar-refractivity contribution in [3.05, 3.63) is 29.8 Å². The van der Waals surface area contributed by atoms with Crippen LogP contribution in [-0.4, -0.2) is 81.4 Å². The Labute approximate surface area is 200 Å². The molecule has 10 N–H and O–H groups in total. The smallest absolute Gasteiger partial charge is 0.327 e. The van der Waals surface area contributed by atoms with Gasteiger partial charge in [-0.05, 0) is 30.5 Å². The van der Waals surface area contributed by atoms with Crippen LogP contribution in [0.25, 0.3) is 0 Å². The molecule has 0 spiro atoms. The molecule has 0 saturated carbocycles. The molecular weight excluding hydrogens is 470 g/mol. The van der Waals surface area contributed by atoms with Gasteiger partial charge in [0.25, 0.3) is 0 Å². The van der Waals surface area contributed by atoms with Gasteiger partial charge in [-0.1, -0.05) is 12.1 Å². The lowest BCUT2D eigenvalue weighted by molar-refractivity contribution is -0.141. The van der Waals surface area contributed by atoms with Crippen molar-refractivity contribution in [1.29, 1.82) is 0 Å². The maximum absolute atomic E-state index is 12.6. The molecule has 4 atom stereocenters. The fourth-order valence-electron chi connectivity index (χ4n) is 2.74. The molecule has 1 aromatic rings. The van der Waals surface area contributed by atoms with Crippen LogP contribution >= 0.6 is 12.6 Å². The Morgan fingerprint density at radius 1 is 0.912 bits per heavy atom. The van der Waals surface area contributed by atoms with Gasteiger partial charge in [0.2, 0.25) is 23.6 Å². The Balaban J connectivity index is 2.82. The Morgan fingerprint density at radius 3 is 1.94 bits per heavy atom. The van der Waals surface area contributed by atoms with Gasteiger partial charge in [-0.25, -0.2) is 4.79 Å². The van der Waals surface area contributed by atoms with Crippen molar-refractivity contribution in [2.75, 3.05) is 12.4 Å². The van der Waals surface area contributed by atoms with Crippen molar-refractivity contribution in [2.45, 2.75) is 43.4 Å². The summed E-state index contributed by atoms with van der Waals surface area (Å²) >= 11 is 3.84. The van der Waals surface area contributed by atoms with E-state index in [9.17, 15) is 34.2 Å². The number of nitrogens with one attached hydrogen (secondary N) is 3. The third-order valence-electron chi connectivity index (χ3n) is 4.65. The molecule has 0 fully saturated rings. The highest BCUT2D eigenvalue weighted by Crippen LogP contribution is 2.11.